The van der Waals surface area contributed by atoms with Crippen molar-refractivity contribution in [3.05, 3.63) is 22.3 Å². The molecule has 16 heavy (non-hydrogen) atoms. The first-order valence-corrected chi connectivity index (χ1v) is 6.94. The third-order valence-electron chi connectivity index (χ3n) is 3.22. The van der Waals surface area contributed by atoms with Gasteiger partial charge in [-0.2, -0.15) is 0 Å². The smallest absolute Gasteiger partial charge is 0.143 e. The Bertz CT molecular complexity index is 344. The van der Waals surface area contributed by atoms with Gasteiger partial charge in [-0.05, 0) is 47.3 Å². The number of aryl methyl sites for hydroxylation is 1. The van der Waals surface area contributed by atoms with Gasteiger partial charge in [0, 0.05) is 19.3 Å². The lowest BCUT2D eigenvalue weighted by molar-refractivity contribution is 0.553. The molecule has 0 bridgehead atoms. The van der Waals surface area contributed by atoms with Crippen molar-refractivity contribution in [2.75, 3.05) is 18.0 Å². The summed E-state index contributed by atoms with van der Waals surface area (Å²) in [5.41, 5.74) is 1.27. The summed E-state index contributed by atoms with van der Waals surface area (Å²) < 4.78 is 1.16. The number of anilines is 1. The molecule has 1 aromatic heterocycles. The van der Waals surface area contributed by atoms with Crippen LogP contribution >= 0.6 is 15.9 Å². The molecule has 0 unspecified atom stereocenters. The molecule has 2 nitrogen and oxygen atoms in total. The van der Waals surface area contributed by atoms with E-state index in [0.29, 0.717) is 0 Å². The lowest BCUT2D eigenvalue weighted by Crippen LogP contribution is -2.28. The summed E-state index contributed by atoms with van der Waals surface area (Å²) in [5.74, 6) is 1.13. The van der Waals surface area contributed by atoms with Crippen molar-refractivity contribution in [1.29, 1.82) is 0 Å². The minimum Gasteiger partial charge on any atom is -0.356 e. The number of rotatable bonds is 1. The first-order chi connectivity index (χ1) is 7.79. The molecular formula is C13H19BrN2. The summed E-state index contributed by atoms with van der Waals surface area (Å²) in [4.78, 5) is 6.94. The number of hydrogen-bond acceptors (Lipinski definition) is 2. The summed E-state index contributed by atoms with van der Waals surface area (Å²) in [5, 5.41) is 0. The molecule has 1 aliphatic heterocycles. The maximum Gasteiger partial charge on any atom is 0.143 e. The van der Waals surface area contributed by atoms with Crippen LogP contribution in [0.3, 0.4) is 0 Å². The minimum atomic E-state index is 1.13. The maximum atomic E-state index is 4.51. The zero-order chi connectivity index (χ0) is 11.4. The Hall–Kier alpha value is -0.570. The van der Waals surface area contributed by atoms with E-state index in [0.717, 1.165) is 23.4 Å². The van der Waals surface area contributed by atoms with Crippen LogP contribution in [0.4, 0.5) is 5.82 Å². The lowest BCUT2D eigenvalue weighted by Gasteiger charge is -2.27. The number of nitrogens with zero attached hydrogens (tertiary/aromatic N) is 2. The molecule has 0 radical (unpaired) electrons. The molecule has 2 rings (SSSR count). The molecule has 0 spiro atoms. The van der Waals surface area contributed by atoms with Crippen LogP contribution in [0.2, 0.25) is 0 Å². The Kier molecular flexibility index (Phi) is 4.22. The highest BCUT2D eigenvalue weighted by molar-refractivity contribution is 9.10. The molecule has 1 fully saturated rings. The van der Waals surface area contributed by atoms with Gasteiger partial charge < -0.3 is 4.90 Å². The van der Waals surface area contributed by atoms with E-state index in [2.05, 4.69) is 38.8 Å². The quantitative estimate of drug-likeness (QED) is 0.776. The molecule has 1 saturated heterocycles. The summed E-state index contributed by atoms with van der Waals surface area (Å²) in [7, 11) is 0. The second kappa shape index (κ2) is 5.67. The van der Waals surface area contributed by atoms with E-state index in [1.165, 1.54) is 37.7 Å². The molecule has 0 atom stereocenters. The van der Waals surface area contributed by atoms with Gasteiger partial charge in [-0.1, -0.05) is 19.3 Å². The highest BCUT2D eigenvalue weighted by atomic mass is 79.9. The van der Waals surface area contributed by atoms with Crippen molar-refractivity contribution >= 4 is 21.7 Å². The number of aromatic nitrogens is 1. The van der Waals surface area contributed by atoms with Gasteiger partial charge in [0.2, 0.25) is 0 Å². The van der Waals surface area contributed by atoms with Crippen molar-refractivity contribution in [2.45, 2.75) is 39.0 Å². The van der Waals surface area contributed by atoms with E-state index < -0.39 is 0 Å². The van der Waals surface area contributed by atoms with Gasteiger partial charge in [0.25, 0.3) is 0 Å². The Labute approximate surface area is 106 Å². The van der Waals surface area contributed by atoms with Crippen LogP contribution in [0.25, 0.3) is 0 Å². The zero-order valence-electron chi connectivity index (χ0n) is 9.88. The van der Waals surface area contributed by atoms with E-state index in [4.69, 9.17) is 0 Å². The Morgan fingerprint density at radius 3 is 2.44 bits per heavy atom. The van der Waals surface area contributed by atoms with Crippen LogP contribution in [0.5, 0.6) is 0 Å². The van der Waals surface area contributed by atoms with Crippen LogP contribution in [0.15, 0.2) is 16.7 Å². The van der Waals surface area contributed by atoms with Crippen molar-refractivity contribution in [1.82, 2.24) is 4.98 Å². The monoisotopic (exact) mass is 282 g/mol. The molecule has 0 amide bonds. The van der Waals surface area contributed by atoms with Gasteiger partial charge in [-0.3, -0.25) is 0 Å². The average molecular weight is 283 g/mol. The maximum absolute atomic E-state index is 4.51. The van der Waals surface area contributed by atoms with Crippen LogP contribution in [0, 0.1) is 6.92 Å². The van der Waals surface area contributed by atoms with Gasteiger partial charge in [0.05, 0.1) is 4.47 Å². The van der Waals surface area contributed by atoms with E-state index in [1.54, 1.807) is 0 Å². The first-order valence-electron chi connectivity index (χ1n) is 6.15. The lowest BCUT2D eigenvalue weighted by atomic mass is 10.1. The summed E-state index contributed by atoms with van der Waals surface area (Å²) in [6.07, 6.45) is 8.62. The summed E-state index contributed by atoms with van der Waals surface area (Å²) >= 11 is 3.66. The topological polar surface area (TPSA) is 16.1 Å². The third-order valence-corrected chi connectivity index (χ3v) is 4.20. The molecule has 88 valence electrons. The largest absolute Gasteiger partial charge is 0.356 e. The SMILES string of the molecule is Cc1ccnc(N2CCCCCCC2)c1Br. The second-order valence-corrected chi connectivity index (χ2v) is 5.31. The van der Waals surface area contributed by atoms with Gasteiger partial charge in [0.15, 0.2) is 0 Å². The molecule has 3 heteroatoms. The van der Waals surface area contributed by atoms with Crippen LogP contribution in [0.1, 0.15) is 37.7 Å². The number of hydrogen-bond donors (Lipinski definition) is 0. The van der Waals surface area contributed by atoms with Crippen molar-refractivity contribution in [3.63, 3.8) is 0 Å². The van der Waals surface area contributed by atoms with E-state index in [1.807, 2.05) is 6.20 Å². The average Bonchev–Trinajstić information content (AvgIpc) is 2.23. The van der Waals surface area contributed by atoms with Crippen LogP contribution in [-0.2, 0) is 0 Å². The molecule has 0 N–H and O–H groups in total. The molecule has 0 aromatic carbocycles. The molecule has 1 aliphatic rings. The number of halogens is 1. The minimum absolute atomic E-state index is 1.13. The molecule has 1 aromatic rings. The van der Waals surface area contributed by atoms with Crippen LogP contribution in [-0.4, -0.2) is 18.1 Å². The second-order valence-electron chi connectivity index (χ2n) is 4.52. The van der Waals surface area contributed by atoms with Crippen molar-refractivity contribution in [2.24, 2.45) is 0 Å². The van der Waals surface area contributed by atoms with E-state index >= 15 is 0 Å². The van der Waals surface area contributed by atoms with Gasteiger partial charge in [0.1, 0.15) is 5.82 Å². The Morgan fingerprint density at radius 2 is 1.75 bits per heavy atom. The third kappa shape index (κ3) is 2.76. The van der Waals surface area contributed by atoms with E-state index in [9.17, 15) is 0 Å². The fourth-order valence-electron chi connectivity index (χ4n) is 2.21. The van der Waals surface area contributed by atoms with Crippen molar-refractivity contribution in [3.8, 4) is 0 Å². The predicted octanol–water partition coefficient (Wildman–Crippen LogP) is 3.92. The van der Waals surface area contributed by atoms with Gasteiger partial charge >= 0.3 is 0 Å². The first kappa shape index (κ1) is 11.9. The highest BCUT2D eigenvalue weighted by Crippen LogP contribution is 2.28. The van der Waals surface area contributed by atoms with Gasteiger partial charge in [-0.15, -0.1) is 0 Å². The highest BCUT2D eigenvalue weighted by Gasteiger charge is 2.13. The number of pyridine rings is 1. The van der Waals surface area contributed by atoms with Crippen molar-refractivity contribution < 1.29 is 0 Å². The molecule has 0 saturated carbocycles. The molecule has 2 heterocycles. The fourth-order valence-corrected chi connectivity index (χ4v) is 2.69. The fraction of sp³-hybridized carbons (Fsp3) is 0.615. The Morgan fingerprint density at radius 1 is 1.12 bits per heavy atom. The molecule has 0 aliphatic carbocycles. The van der Waals surface area contributed by atoms with Crippen LogP contribution < -0.4 is 4.90 Å². The zero-order valence-corrected chi connectivity index (χ0v) is 11.5. The standard InChI is InChI=1S/C13H19BrN2/c1-11-7-8-15-13(12(11)14)16-9-5-3-2-4-6-10-16/h7-8H,2-6,9-10H2,1H3. The van der Waals surface area contributed by atoms with E-state index in [-0.39, 0.29) is 0 Å². The summed E-state index contributed by atoms with van der Waals surface area (Å²) in [6, 6.07) is 2.05. The predicted molar refractivity (Wildman–Crippen MR) is 72.0 cm³/mol. The van der Waals surface area contributed by atoms with Gasteiger partial charge in [-0.25, -0.2) is 4.98 Å². The molecular weight excluding hydrogens is 264 g/mol. The Balaban J connectivity index is 2.17. The normalized spacial score (nSPS) is 18.0. The summed E-state index contributed by atoms with van der Waals surface area (Å²) in [6.45, 7) is 4.42.